The quantitative estimate of drug-likeness (QED) is 0.855. The van der Waals surface area contributed by atoms with Crippen LogP contribution in [0.5, 0.6) is 0 Å². The van der Waals surface area contributed by atoms with Crippen molar-refractivity contribution in [2.75, 3.05) is 6.61 Å². The largest absolute Gasteiger partial charge is 0.396 e. The molecule has 0 aliphatic heterocycles. The van der Waals surface area contributed by atoms with Gasteiger partial charge in [-0.2, -0.15) is 0 Å². The first-order valence-corrected chi connectivity index (χ1v) is 5.07. The van der Waals surface area contributed by atoms with Crippen LogP contribution < -0.4 is 5.73 Å². The molecule has 0 bridgehead atoms. The number of hydrogen-bond donors (Lipinski definition) is 2. The Kier molecular flexibility index (Phi) is 3.90. The maximum Gasteiger partial charge on any atom is 0.0449 e. The molecule has 0 amide bonds. The van der Waals surface area contributed by atoms with Crippen molar-refractivity contribution in [3.05, 3.63) is 33.8 Å². The summed E-state index contributed by atoms with van der Waals surface area (Å²) >= 11 is 3.45. The van der Waals surface area contributed by atoms with Gasteiger partial charge in [-0.05, 0) is 30.5 Å². The first-order chi connectivity index (χ1) is 6.15. The molecule has 0 aliphatic carbocycles. The van der Waals surface area contributed by atoms with Crippen molar-refractivity contribution in [2.45, 2.75) is 19.4 Å². The number of benzene rings is 1. The highest BCUT2D eigenvalue weighted by molar-refractivity contribution is 9.10. The molecule has 13 heavy (non-hydrogen) atoms. The van der Waals surface area contributed by atoms with E-state index < -0.39 is 0 Å². The van der Waals surface area contributed by atoms with E-state index in [1.807, 2.05) is 25.1 Å². The fraction of sp³-hybridized carbons (Fsp3) is 0.400. The lowest BCUT2D eigenvalue weighted by atomic mass is 10.0. The predicted octanol–water partition coefficient (Wildman–Crippen LogP) is 2.14. The van der Waals surface area contributed by atoms with Crippen molar-refractivity contribution in [3.8, 4) is 0 Å². The lowest BCUT2D eigenvalue weighted by Gasteiger charge is -2.11. The topological polar surface area (TPSA) is 46.2 Å². The summed E-state index contributed by atoms with van der Waals surface area (Å²) < 4.78 is 1.07. The van der Waals surface area contributed by atoms with Gasteiger partial charge in [0, 0.05) is 17.1 Å². The number of hydrogen-bond acceptors (Lipinski definition) is 2. The molecule has 0 saturated carbocycles. The lowest BCUT2D eigenvalue weighted by Crippen LogP contribution is -2.11. The Labute approximate surface area is 86.9 Å². The minimum absolute atomic E-state index is 0.0677. The molecule has 3 N–H and O–H groups in total. The number of rotatable bonds is 3. The maximum atomic E-state index is 8.73. The standard InChI is InChI=1S/C10H14BrNO/c1-7-2-3-8(6-9(7)11)10(12)4-5-13/h2-3,6,10,13H,4-5,12H2,1H3. The Morgan fingerprint density at radius 1 is 1.54 bits per heavy atom. The van der Waals surface area contributed by atoms with Crippen LogP contribution in [0, 0.1) is 6.92 Å². The molecule has 1 aromatic carbocycles. The summed E-state index contributed by atoms with van der Waals surface area (Å²) in [6.45, 7) is 2.16. The van der Waals surface area contributed by atoms with E-state index in [2.05, 4.69) is 15.9 Å². The Hall–Kier alpha value is -0.380. The minimum Gasteiger partial charge on any atom is -0.396 e. The van der Waals surface area contributed by atoms with Gasteiger partial charge in [0.2, 0.25) is 0 Å². The summed E-state index contributed by atoms with van der Waals surface area (Å²) in [4.78, 5) is 0. The highest BCUT2D eigenvalue weighted by atomic mass is 79.9. The molecule has 1 rings (SSSR count). The third-order valence-corrected chi connectivity index (χ3v) is 2.92. The first kappa shape index (κ1) is 10.7. The van der Waals surface area contributed by atoms with E-state index in [0.717, 1.165) is 10.0 Å². The fourth-order valence-electron chi connectivity index (χ4n) is 1.15. The number of aryl methyl sites for hydroxylation is 1. The fourth-order valence-corrected chi connectivity index (χ4v) is 1.54. The predicted molar refractivity (Wildman–Crippen MR) is 57.5 cm³/mol. The Balaban J connectivity index is 2.84. The first-order valence-electron chi connectivity index (χ1n) is 4.27. The van der Waals surface area contributed by atoms with Gasteiger partial charge in [0.15, 0.2) is 0 Å². The van der Waals surface area contributed by atoms with Crippen molar-refractivity contribution in [1.29, 1.82) is 0 Å². The van der Waals surface area contributed by atoms with Crippen molar-refractivity contribution >= 4 is 15.9 Å². The summed E-state index contributed by atoms with van der Waals surface area (Å²) in [6, 6.07) is 5.97. The smallest absolute Gasteiger partial charge is 0.0449 e. The van der Waals surface area contributed by atoms with E-state index >= 15 is 0 Å². The Bertz CT molecular complexity index is 288. The number of halogens is 1. The molecular weight excluding hydrogens is 230 g/mol. The van der Waals surface area contributed by atoms with E-state index in [-0.39, 0.29) is 12.6 Å². The van der Waals surface area contributed by atoms with E-state index in [9.17, 15) is 0 Å². The van der Waals surface area contributed by atoms with Crippen LogP contribution >= 0.6 is 15.9 Å². The van der Waals surface area contributed by atoms with Crippen LogP contribution in [0.15, 0.2) is 22.7 Å². The third kappa shape index (κ3) is 2.79. The van der Waals surface area contributed by atoms with E-state index in [4.69, 9.17) is 10.8 Å². The van der Waals surface area contributed by atoms with Gasteiger partial charge >= 0.3 is 0 Å². The average molecular weight is 244 g/mol. The molecule has 2 nitrogen and oxygen atoms in total. The number of aliphatic hydroxyl groups is 1. The molecule has 0 aliphatic rings. The van der Waals surface area contributed by atoms with Crippen LogP contribution in [0.3, 0.4) is 0 Å². The third-order valence-electron chi connectivity index (χ3n) is 2.06. The van der Waals surface area contributed by atoms with Crippen LogP contribution in [0.1, 0.15) is 23.6 Å². The van der Waals surface area contributed by atoms with E-state index in [1.165, 1.54) is 5.56 Å². The molecule has 0 saturated heterocycles. The van der Waals surface area contributed by atoms with Crippen LogP contribution in [-0.2, 0) is 0 Å². The van der Waals surface area contributed by atoms with E-state index in [1.54, 1.807) is 0 Å². The van der Waals surface area contributed by atoms with Gasteiger partial charge in [0.05, 0.1) is 0 Å². The van der Waals surface area contributed by atoms with Gasteiger partial charge in [-0.1, -0.05) is 28.1 Å². The molecule has 0 fully saturated rings. The van der Waals surface area contributed by atoms with Crippen molar-refractivity contribution in [1.82, 2.24) is 0 Å². The molecule has 1 unspecified atom stereocenters. The Morgan fingerprint density at radius 3 is 2.77 bits per heavy atom. The molecule has 1 atom stereocenters. The lowest BCUT2D eigenvalue weighted by molar-refractivity contribution is 0.276. The van der Waals surface area contributed by atoms with Gasteiger partial charge in [0.25, 0.3) is 0 Å². The summed E-state index contributed by atoms with van der Waals surface area (Å²) in [5.41, 5.74) is 8.10. The van der Waals surface area contributed by atoms with Crippen LogP contribution in [0.2, 0.25) is 0 Å². The highest BCUT2D eigenvalue weighted by Gasteiger charge is 2.05. The molecular formula is C10H14BrNO. The van der Waals surface area contributed by atoms with Crippen molar-refractivity contribution in [2.24, 2.45) is 5.73 Å². The van der Waals surface area contributed by atoms with Crippen LogP contribution in [0.25, 0.3) is 0 Å². The minimum atomic E-state index is -0.0677. The molecule has 72 valence electrons. The zero-order valence-electron chi connectivity index (χ0n) is 7.63. The van der Waals surface area contributed by atoms with Gasteiger partial charge in [-0.3, -0.25) is 0 Å². The monoisotopic (exact) mass is 243 g/mol. The summed E-state index contributed by atoms with van der Waals surface area (Å²) in [7, 11) is 0. The number of nitrogens with two attached hydrogens (primary N) is 1. The Morgan fingerprint density at radius 2 is 2.23 bits per heavy atom. The van der Waals surface area contributed by atoms with Crippen molar-refractivity contribution < 1.29 is 5.11 Å². The molecule has 0 spiro atoms. The SMILES string of the molecule is Cc1ccc(C(N)CCO)cc1Br. The average Bonchev–Trinajstić information content (AvgIpc) is 2.10. The molecule has 3 heteroatoms. The maximum absolute atomic E-state index is 8.73. The molecule has 1 aromatic rings. The molecule has 0 heterocycles. The van der Waals surface area contributed by atoms with Crippen LogP contribution in [0.4, 0.5) is 0 Å². The normalized spacial score (nSPS) is 12.9. The molecule has 0 radical (unpaired) electrons. The van der Waals surface area contributed by atoms with Crippen molar-refractivity contribution in [3.63, 3.8) is 0 Å². The molecule has 0 aromatic heterocycles. The van der Waals surface area contributed by atoms with Gasteiger partial charge in [-0.15, -0.1) is 0 Å². The van der Waals surface area contributed by atoms with Gasteiger partial charge in [0.1, 0.15) is 0 Å². The second kappa shape index (κ2) is 4.74. The van der Waals surface area contributed by atoms with Gasteiger partial charge < -0.3 is 10.8 Å². The highest BCUT2D eigenvalue weighted by Crippen LogP contribution is 2.21. The summed E-state index contributed by atoms with van der Waals surface area (Å²) in [5, 5.41) is 8.73. The summed E-state index contributed by atoms with van der Waals surface area (Å²) in [5.74, 6) is 0. The zero-order chi connectivity index (χ0) is 9.84. The second-order valence-electron chi connectivity index (χ2n) is 3.13. The second-order valence-corrected chi connectivity index (χ2v) is 3.98. The van der Waals surface area contributed by atoms with E-state index in [0.29, 0.717) is 6.42 Å². The number of aliphatic hydroxyl groups excluding tert-OH is 1. The summed E-state index contributed by atoms with van der Waals surface area (Å²) in [6.07, 6.45) is 0.607. The van der Waals surface area contributed by atoms with Crippen LogP contribution in [-0.4, -0.2) is 11.7 Å². The zero-order valence-corrected chi connectivity index (χ0v) is 9.21. The van der Waals surface area contributed by atoms with Gasteiger partial charge in [-0.25, -0.2) is 0 Å².